The highest BCUT2D eigenvalue weighted by Crippen LogP contribution is 2.27. The molecule has 144 valence electrons. The summed E-state index contributed by atoms with van der Waals surface area (Å²) in [7, 11) is 0. The Morgan fingerprint density at radius 3 is 3.11 bits per heavy atom. The Hall–Kier alpha value is -2.29. The van der Waals surface area contributed by atoms with Crippen LogP contribution in [-0.2, 0) is 16.1 Å². The molecule has 3 heterocycles. The molecule has 0 spiro atoms. The number of nitrogens with one attached hydrogen (secondary N) is 2. The molecule has 7 nitrogen and oxygen atoms in total. The van der Waals surface area contributed by atoms with E-state index in [1.807, 2.05) is 27.9 Å². The maximum Gasteiger partial charge on any atom is 0.229 e. The lowest BCUT2D eigenvalue weighted by Crippen LogP contribution is -2.43. The van der Waals surface area contributed by atoms with Gasteiger partial charge in [-0.2, -0.15) is 5.10 Å². The van der Waals surface area contributed by atoms with Gasteiger partial charge in [-0.3, -0.25) is 14.9 Å². The monoisotopic (exact) mass is 373 g/mol. The van der Waals surface area contributed by atoms with Crippen LogP contribution in [0.5, 0.6) is 0 Å². The van der Waals surface area contributed by atoms with Crippen molar-refractivity contribution in [3.8, 4) is 0 Å². The Labute approximate surface area is 157 Å². The van der Waals surface area contributed by atoms with Gasteiger partial charge >= 0.3 is 0 Å². The highest BCUT2D eigenvalue weighted by Gasteiger charge is 2.37. The van der Waals surface area contributed by atoms with Gasteiger partial charge in [0.15, 0.2) is 0 Å². The normalized spacial score (nSPS) is 26.1. The number of carbonyl (C=O) groups excluding carboxylic acids is 1. The number of rotatable bonds is 4. The summed E-state index contributed by atoms with van der Waals surface area (Å²) in [5.41, 5.74) is 6.96. The summed E-state index contributed by atoms with van der Waals surface area (Å²) in [6.45, 7) is 2.96. The van der Waals surface area contributed by atoms with Gasteiger partial charge in [0.1, 0.15) is 5.82 Å². The highest BCUT2D eigenvalue weighted by atomic mass is 19.1. The van der Waals surface area contributed by atoms with Gasteiger partial charge in [-0.15, -0.1) is 0 Å². The summed E-state index contributed by atoms with van der Waals surface area (Å²) >= 11 is 0. The molecule has 1 amide bonds. The minimum absolute atomic E-state index is 0.0673. The molecular weight excluding hydrogens is 349 g/mol. The predicted octanol–water partition coefficient (Wildman–Crippen LogP) is 1.10. The molecular formula is C19H24FN5O2. The van der Waals surface area contributed by atoms with E-state index in [4.69, 9.17) is 4.74 Å². The standard InChI is InChI=1S/C19H24FN5O2/c20-15-5-1-4-14(10-15)18-17(11-21-23-18)19(26)24-7-3-9-27-16(12-24)13-25-8-2-6-22-25/h1-2,4-6,8,10,16-18,21,23H,3,7,9,11-13H2. The molecule has 2 aromatic rings. The maximum absolute atomic E-state index is 13.6. The third-order valence-corrected chi connectivity index (χ3v) is 5.12. The molecule has 27 heavy (non-hydrogen) atoms. The third-order valence-electron chi connectivity index (χ3n) is 5.12. The van der Waals surface area contributed by atoms with E-state index in [0.29, 0.717) is 32.8 Å². The number of halogens is 1. The smallest absolute Gasteiger partial charge is 0.229 e. The van der Waals surface area contributed by atoms with E-state index >= 15 is 0 Å². The van der Waals surface area contributed by atoms with Crippen LogP contribution in [0.1, 0.15) is 18.0 Å². The van der Waals surface area contributed by atoms with Crippen molar-refractivity contribution in [2.24, 2.45) is 5.92 Å². The first-order chi connectivity index (χ1) is 13.2. The molecule has 3 atom stereocenters. The zero-order chi connectivity index (χ0) is 18.6. The number of ether oxygens (including phenoxy) is 1. The van der Waals surface area contributed by atoms with Crippen LogP contribution in [0.15, 0.2) is 42.7 Å². The number of hydrogen-bond donors (Lipinski definition) is 2. The zero-order valence-electron chi connectivity index (χ0n) is 15.1. The summed E-state index contributed by atoms with van der Waals surface area (Å²) in [4.78, 5) is 15.1. The van der Waals surface area contributed by atoms with Crippen LogP contribution in [0.25, 0.3) is 0 Å². The third kappa shape index (κ3) is 4.18. The van der Waals surface area contributed by atoms with E-state index in [0.717, 1.165) is 12.0 Å². The first-order valence-electron chi connectivity index (χ1n) is 9.32. The molecule has 1 aromatic carbocycles. The maximum atomic E-state index is 13.6. The first-order valence-corrected chi connectivity index (χ1v) is 9.32. The average Bonchev–Trinajstić information content (AvgIpc) is 3.30. The Bertz CT molecular complexity index is 769. The Kier molecular flexibility index (Phi) is 5.47. The Morgan fingerprint density at radius 2 is 2.30 bits per heavy atom. The van der Waals surface area contributed by atoms with Gasteiger partial charge in [-0.1, -0.05) is 12.1 Å². The molecule has 8 heteroatoms. The van der Waals surface area contributed by atoms with E-state index in [2.05, 4.69) is 16.0 Å². The molecule has 2 saturated heterocycles. The van der Waals surface area contributed by atoms with Crippen molar-refractivity contribution in [1.29, 1.82) is 0 Å². The SMILES string of the molecule is O=C(C1CNNC1c1cccc(F)c1)N1CCCOC(Cn2cccn2)C1. The zero-order valence-corrected chi connectivity index (χ0v) is 15.1. The molecule has 1 aromatic heterocycles. The van der Waals surface area contributed by atoms with Crippen LogP contribution >= 0.6 is 0 Å². The second kappa shape index (κ2) is 8.16. The molecule has 2 N–H and O–H groups in total. The molecule has 2 aliphatic heterocycles. The molecule has 4 rings (SSSR count). The number of hydrogen-bond acceptors (Lipinski definition) is 5. The lowest BCUT2D eigenvalue weighted by atomic mass is 9.93. The van der Waals surface area contributed by atoms with Gasteiger partial charge in [-0.25, -0.2) is 9.82 Å². The van der Waals surface area contributed by atoms with Gasteiger partial charge in [-0.05, 0) is 30.2 Å². The molecule has 0 bridgehead atoms. The minimum atomic E-state index is -0.296. The van der Waals surface area contributed by atoms with Crippen molar-refractivity contribution in [2.75, 3.05) is 26.2 Å². The number of nitrogens with zero attached hydrogens (tertiary/aromatic N) is 3. The lowest BCUT2D eigenvalue weighted by molar-refractivity contribution is -0.136. The van der Waals surface area contributed by atoms with E-state index in [-0.39, 0.29) is 29.8 Å². The molecule has 0 aliphatic carbocycles. The summed E-state index contributed by atoms with van der Waals surface area (Å²) in [5.74, 6) is -0.511. The Balaban J connectivity index is 1.46. The second-order valence-corrected chi connectivity index (χ2v) is 7.02. The highest BCUT2D eigenvalue weighted by molar-refractivity contribution is 5.80. The molecule has 3 unspecified atom stereocenters. The van der Waals surface area contributed by atoms with Crippen molar-refractivity contribution >= 4 is 5.91 Å². The number of aromatic nitrogens is 2. The fraction of sp³-hybridized carbons (Fsp3) is 0.474. The van der Waals surface area contributed by atoms with Crippen LogP contribution in [0.2, 0.25) is 0 Å². The summed E-state index contributed by atoms with van der Waals surface area (Å²) in [5, 5.41) is 4.23. The minimum Gasteiger partial charge on any atom is -0.374 e. The van der Waals surface area contributed by atoms with Crippen LogP contribution < -0.4 is 10.9 Å². The lowest BCUT2D eigenvalue weighted by Gasteiger charge is -2.28. The van der Waals surface area contributed by atoms with Crippen molar-refractivity contribution in [1.82, 2.24) is 25.5 Å². The number of benzene rings is 1. The largest absolute Gasteiger partial charge is 0.374 e. The van der Waals surface area contributed by atoms with Crippen molar-refractivity contribution < 1.29 is 13.9 Å². The van der Waals surface area contributed by atoms with E-state index < -0.39 is 0 Å². The molecule has 2 aliphatic rings. The van der Waals surface area contributed by atoms with Gasteiger partial charge < -0.3 is 9.64 Å². The fourth-order valence-electron chi connectivity index (χ4n) is 3.80. The topological polar surface area (TPSA) is 71.4 Å². The van der Waals surface area contributed by atoms with Crippen molar-refractivity contribution in [3.05, 3.63) is 54.1 Å². The summed E-state index contributed by atoms with van der Waals surface area (Å²) < 4.78 is 21.4. The van der Waals surface area contributed by atoms with Crippen molar-refractivity contribution in [2.45, 2.75) is 25.1 Å². The van der Waals surface area contributed by atoms with Gasteiger partial charge in [0, 0.05) is 38.6 Å². The van der Waals surface area contributed by atoms with E-state index in [9.17, 15) is 9.18 Å². The quantitative estimate of drug-likeness (QED) is 0.840. The molecule has 2 fully saturated rings. The average molecular weight is 373 g/mol. The summed E-state index contributed by atoms with van der Waals surface area (Å²) in [6.07, 6.45) is 4.34. The predicted molar refractivity (Wildman–Crippen MR) is 96.9 cm³/mol. The first kappa shape index (κ1) is 18.1. The molecule has 0 radical (unpaired) electrons. The fourth-order valence-corrected chi connectivity index (χ4v) is 3.80. The Morgan fingerprint density at radius 1 is 1.37 bits per heavy atom. The van der Waals surface area contributed by atoms with Crippen LogP contribution in [-0.4, -0.2) is 52.9 Å². The number of hydrazine groups is 1. The van der Waals surface area contributed by atoms with Crippen LogP contribution in [0.4, 0.5) is 4.39 Å². The van der Waals surface area contributed by atoms with Crippen LogP contribution in [0.3, 0.4) is 0 Å². The van der Waals surface area contributed by atoms with E-state index in [1.54, 1.807) is 12.3 Å². The van der Waals surface area contributed by atoms with Gasteiger partial charge in [0.25, 0.3) is 0 Å². The summed E-state index contributed by atoms with van der Waals surface area (Å²) in [6, 6.07) is 8.04. The van der Waals surface area contributed by atoms with Gasteiger partial charge in [0.2, 0.25) is 5.91 Å². The number of amides is 1. The number of carbonyl (C=O) groups is 1. The van der Waals surface area contributed by atoms with Gasteiger partial charge in [0.05, 0.1) is 24.6 Å². The molecule has 0 saturated carbocycles. The van der Waals surface area contributed by atoms with E-state index in [1.165, 1.54) is 12.1 Å². The van der Waals surface area contributed by atoms with Crippen LogP contribution in [0, 0.1) is 11.7 Å². The second-order valence-electron chi connectivity index (χ2n) is 7.02. The van der Waals surface area contributed by atoms with Crippen molar-refractivity contribution in [3.63, 3.8) is 0 Å².